The average molecular weight is 332 g/mol. The summed E-state index contributed by atoms with van der Waals surface area (Å²) in [5.41, 5.74) is 11.5. The van der Waals surface area contributed by atoms with Crippen LogP contribution in [0.5, 0.6) is 0 Å². The molecule has 2 aromatic carbocycles. The van der Waals surface area contributed by atoms with E-state index in [9.17, 15) is 0 Å². The zero-order valence-electron chi connectivity index (χ0n) is 15.1. The van der Waals surface area contributed by atoms with Gasteiger partial charge in [-0.3, -0.25) is 0 Å². The van der Waals surface area contributed by atoms with Crippen molar-refractivity contribution in [1.82, 2.24) is 4.57 Å². The first-order chi connectivity index (χ1) is 12.2. The number of hydrogen-bond donors (Lipinski definition) is 1. The van der Waals surface area contributed by atoms with Crippen molar-refractivity contribution in [3.8, 4) is 0 Å². The van der Waals surface area contributed by atoms with Gasteiger partial charge in [-0.25, -0.2) is 0 Å². The van der Waals surface area contributed by atoms with Crippen LogP contribution in [-0.2, 0) is 6.54 Å². The van der Waals surface area contributed by atoms with E-state index in [1.807, 2.05) is 0 Å². The molecule has 0 unspecified atom stereocenters. The predicted molar refractivity (Wildman–Crippen MR) is 106 cm³/mol. The number of aromatic nitrogens is 1. The Morgan fingerprint density at radius 3 is 2.56 bits per heavy atom. The van der Waals surface area contributed by atoms with Gasteiger partial charge in [0.25, 0.3) is 0 Å². The molecule has 2 N–H and O–H groups in total. The largest absolute Gasteiger partial charge is 0.343 e. The Morgan fingerprint density at radius 1 is 1.00 bits per heavy atom. The van der Waals surface area contributed by atoms with Crippen LogP contribution in [0, 0.1) is 12.8 Å². The van der Waals surface area contributed by atoms with Crippen LogP contribution < -0.4 is 5.73 Å². The lowest BCUT2D eigenvalue weighted by molar-refractivity contribution is 0.333. The van der Waals surface area contributed by atoms with Crippen LogP contribution in [0.1, 0.15) is 48.3 Å². The second-order valence-electron chi connectivity index (χ2n) is 7.67. The number of fused-ring (bicyclic) bond motifs is 1. The van der Waals surface area contributed by atoms with E-state index in [1.165, 1.54) is 47.7 Å². The smallest absolute Gasteiger partial charge is 0.0486 e. The van der Waals surface area contributed by atoms with Gasteiger partial charge in [0.1, 0.15) is 0 Å². The van der Waals surface area contributed by atoms with E-state index in [2.05, 4.69) is 66.2 Å². The molecule has 4 rings (SSSR count). The SMILES string of the molecule is Cc1cccc(Cn2cc(C3CCC(CN)CC3)c3ccccc32)c1. The van der Waals surface area contributed by atoms with E-state index < -0.39 is 0 Å². The minimum atomic E-state index is 0.687. The lowest BCUT2D eigenvalue weighted by Gasteiger charge is -2.27. The molecular weight excluding hydrogens is 304 g/mol. The summed E-state index contributed by atoms with van der Waals surface area (Å²) in [4.78, 5) is 0. The molecule has 0 atom stereocenters. The molecule has 1 saturated carbocycles. The van der Waals surface area contributed by atoms with Gasteiger partial charge < -0.3 is 10.3 Å². The molecule has 1 aliphatic rings. The van der Waals surface area contributed by atoms with Crippen molar-refractivity contribution in [1.29, 1.82) is 0 Å². The third-order valence-corrected chi connectivity index (χ3v) is 5.87. The molecule has 1 fully saturated rings. The standard InChI is InChI=1S/C23H28N2/c1-17-5-4-6-19(13-17)15-25-16-22(21-7-2-3-8-23(21)25)20-11-9-18(14-24)10-12-20/h2-8,13,16,18,20H,9-12,14-15,24H2,1H3. The zero-order valence-corrected chi connectivity index (χ0v) is 15.1. The minimum Gasteiger partial charge on any atom is -0.343 e. The molecule has 0 saturated heterocycles. The summed E-state index contributed by atoms with van der Waals surface area (Å²) in [6.45, 7) is 3.96. The second-order valence-corrected chi connectivity index (χ2v) is 7.67. The lowest BCUT2D eigenvalue weighted by Crippen LogP contribution is -2.20. The Morgan fingerprint density at radius 2 is 1.80 bits per heavy atom. The van der Waals surface area contributed by atoms with Crippen molar-refractivity contribution in [2.75, 3.05) is 6.54 Å². The zero-order chi connectivity index (χ0) is 17.2. The van der Waals surface area contributed by atoms with Crippen LogP contribution in [0.2, 0.25) is 0 Å². The third kappa shape index (κ3) is 3.36. The summed E-state index contributed by atoms with van der Waals surface area (Å²) in [5, 5.41) is 1.44. The van der Waals surface area contributed by atoms with Crippen molar-refractivity contribution in [3.05, 3.63) is 71.4 Å². The first-order valence-electron chi connectivity index (χ1n) is 9.58. The van der Waals surface area contributed by atoms with Crippen LogP contribution in [0.4, 0.5) is 0 Å². The molecule has 2 nitrogen and oxygen atoms in total. The molecule has 3 aromatic rings. The van der Waals surface area contributed by atoms with Crippen molar-refractivity contribution in [2.45, 2.75) is 45.1 Å². The molecule has 0 aliphatic heterocycles. The molecule has 2 heteroatoms. The maximum atomic E-state index is 5.88. The summed E-state index contributed by atoms with van der Waals surface area (Å²) in [6.07, 6.45) is 7.53. The summed E-state index contributed by atoms with van der Waals surface area (Å²) in [7, 11) is 0. The highest BCUT2D eigenvalue weighted by molar-refractivity contribution is 5.84. The topological polar surface area (TPSA) is 30.9 Å². The fourth-order valence-electron chi connectivity index (χ4n) is 4.45. The number of hydrogen-bond acceptors (Lipinski definition) is 1. The van der Waals surface area contributed by atoms with Crippen molar-refractivity contribution >= 4 is 10.9 Å². The maximum Gasteiger partial charge on any atom is 0.0486 e. The number of nitrogens with zero attached hydrogens (tertiary/aromatic N) is 1. The van der Waals surface area contributed by atoms with Gasteiger partial charge in [0, 0.05) is 23.6 Å². The van der Waals surface area contributed by atoms with E-state index in [4.69, 9.17) is 5.73 Å². The number of rotatable bonds is 4. The Labute approximate surface area is 150 Å². The van der Waals surface area contributed by atoms with Crippen LogP contribution in [0.3, 0.4) is 0 Å². The van der Waals surface area contributed by atoms with Gasteiger partial charge in [0.05, 0.1) is 0 Å². The Kier molecular flexibility index (Phi) is 4.63. The van der Waals surface area contributed by atoms with Crippen molar-refractivity contribution in [3.63, 3.8) is 0 Å². The molecule has 25 heavy (non-hydrogen) atoms. The fraction of sp³-hybridized carbons (Fsp3) is 0.391. The normalized spacial score (nSPS) is 20.9. The van der Waals surface area contributed by atoms with Gasteiger partial charge in [0.15, 0.2) is 0 Å². The fourth-order valence-corrected chi connectivity index (χ4v) is 4.45. The molecule has 1 aromatic heterocycles. The van der Waals surface area contributed by atoms with E-state index >= 15 is 0 Å². The molecule has 1 heterocycles. The molecule has 130 valence electrons. The van der Waals surface area contributed by atoms with E-state index in [0.717, 1.165) is 19.0 Å². The summed E-state index contributed by atoms with van der Waals surface area (Å²) in [6, 6.07) is 17.7. The van der Waals surface area contributed by atoms with Crippen molar-refractivity contribution in [2.24, 2.45) is 11.7 Å². The predicted octanol–water partition coefficient (Wildman–Crippen LogP) is 5.23. The quantitative estimate of drug-likeness (QED) is 0.697. The number of aryl methyl sites for hydroxylation is 1. The van der Waals surface area contributed by atoms with Crippen LogP contribution in [0.15, 0.2) is 54.7 Å². The Hall–Kier alpha value is -2.06. The Balaban J connectivity index is 1.67. The third-order valence-electron chi connectivity index (χ3n) is 5.87. The van der Waals surface area contributed by atoms with Crippen molar-refractivity contribution < 1.29 is 0 Å². The highest BCUT2D eigenvalue weighted by Gasteiger charge is 2.24. The second kappa shape index (κ2) is 7.05. The number of benzene rings is 2. The molecule has 0 radical (unpaired) electrons. The average Bonchev–Trinajstić information content (AvgIpc) is 3.01. The minimum absolute atomic E-state index is 0.687. The van der Waals surface area contributed by atoms with Gasteiger partial charge in [-0.1, -0.05) is 48.0 Å². The number of para-hydroxylation sites is 1. The maximum absolute atomic E-state index is 5.88. The van der Waals surface area contributed by atoms with Crippen LogP contribution in [-0.4, -0.2) is 11.1 Å². The highest BCUT2D eigenvalue weighted by atomic mass is 15.0. The Bertz CT molecular complexity index is 853. The lowest BCUT2D eigenvalue weighted by atomic mass is 9.79. The highest BCUT2D eigenvalue weighted by Crippen LogP contribution is 2.39. The summed E-state index contributed by atoms with van der Waals surface area (Å²) < 4.78 is 2.44. The van der Waals surface area contributed by atoms with E-state index in [1.54, 1.807) is 5.56 Å². The molecule has 0 amide bonds. The van der Waals surface area contributed by atoms with E-state index in [-0.39, 0.29) is 0 Å². The molecule has 1 aliphatic carbocycles. The van der Waals surface area contributed by atoms with Gasteiger partial charge in [-0.2, -0.15) is 0 Å². The van der Waals surface area contributed by atoms with Crippen LogP contribution >= 0.6 is 0 Å². The van der Waals surface area contributed by atoms with Gasteiger partial charge in [0.2, 0.25) is 0 Å². The monoisotopic (exact) mass is 332 g/mol. The molecule has 0 spiro atoms. The van der Waals surface area contributed by atoms with Gasteiger partial charge in [-0.05, 0) is 68.2 Å². The molecule has 0 bridgehead atoms. The van der Waals surface area contributed by atoms with Crippen LogP contribution in [0.25, 0.3) is 10.9 Å². The van der Waals surface area contributed by atoms with Gasteiger partial charge in [-0.15, -0.1) is 0 Å². The number of nitrogens with two attached hydrogens (primary N) is 1. The first kappa shape index (κ1) is 16.4. The summed E-state index contributed by atoms with van der Waals surface area (Å²) >= 11 is 0. The van der Waals surface area contributed by atoms with E-state index in [0.29, 0.717) is 5.92 Å². The molecular formula is C23H28N2. The summed E-state index contributed by atoms with van der Waals surface area (Å²) in [5.74, 6) is 1.42. The van der Waals surface area contributed by atoms with Gasteiger partial charge >= 0.3 is 0 Å². The first-order valence-corrected chi connectivity index (χ1v) is 9.58.